The zero-order valence-electron chi connectivity index (χ0n) is 21.0. The SMILES string of the molecule is COc1cccc(C(C)(C(=O)NCC2(O)COC2)n2ncc3c2nc(N)n2nc(-c4ccc(C)o4)nc32)c1. The van der Waals surface area contributed by atoms with Gasteiger partial charge in [0.05, 0.1) is 38.5 Å². The van der Waals surface area contributed by atoms with Gasteiger partial charge in [-0.3, -0.25) is 4.79 Å². The average Bonchev–Trinajstić information content (AvgIpc) is 3.64. The number of nitrogen functional groups attached to an aromatic ring is 1. The number of ether oxygens (including phenoxy) is 2. The zero-order chi connectivity index (χ0) is 26.7. The third kappa shape index (κ3) is 3.66. The lowest BCUT2D eigenvalue weighted by atomic mass is 9.90. The Labute approximate surface area is 216 Å². The smallest absolute Gasteiger partial charge is 0.252 e. The van der Waals surface area contributed by atoms with Crippen LogP contribution in [0.3, 0.4) is 0 Å². The summed E-state index contributed by atoms with van der Waals surface area (Å²) in [7, 11) is 1.55. The van der Waals surface area contributed by atoms with E-state index in [1.807, 2.05) is 13.0 Å². The van der Waals surface area contributed by atoms with Gasteiger partial charge in [0.1, 0.15) is 17.1 Å². The number of carbonyl (C=O) groups excluding carboxylic acids is 1. The number of amides is 1. The predicted molar refractivity (Wildman–Crippen MR) is 135 cm³/mol. The summed E-state index contributed by atoms with van der Waals surface area (Å²) < 4.78 is 19.1. The molecule has 1 atom stereocenters. The van der Waals surface area contributed by atoms with Crippen LogP contribution in [0, 0.1) is 6.92 Å². The maximum Gasteiger partial charge on any atom is 0.252 e. The van der Waals surface area contributed by atoms with Gasteiger partial charge in [-0.1, -0.05) is 12.1 Å². The number of carbonyl (C=O) groups is 1. The lowest BCUT2D eigenvalue weighted by molar-refractivity contribution is -0.176. The number of nitrogens with zero attached hydrogens (tertiary/aromatic N) is 6. The highest BCUT2D eigenvalue weighted by Gasteiger charge is 2.43. The van der Waals surface area contributed by atoms with Crippen LogP contribution in [0.25, 0.3) is 28.3 Å². The normalized spacial score (nSPS) is 16.3. The van der Waals surface area contributed by atoms with Crippen molar-refractivity contribution >= 4 is 28.5 Å². The van der Waals surface area contributed by atoms with Gasteiger partial charge in [0.15, 0.2) is 22.6 Å². The Morgan fingerprint density at radius 1 is 1.26 bits per heavy atom. The first-order chi connectivity index (χ1) is 18.2. The molecule has 1 amide bonds. The minimum absolute atomic E-state index is 0.0144. The highest BCUT2D eigenvalue weighted by Crippen LogP contribution is 2.33. The van der Waals surface area contributed by atoms with Gasteiger partial charge in [0, 0.05) is 0 Å². The minimum Gasteiger partial charge on any atom is -0.497 e. The van der Waals surface area contributed by atoms with Crippen LogP contribution >= 0.6 is 0 Å². The Hall–Kier alpha value is -4.49. The van der Waals surface area contributed by atoms with Crippen LogP contribution in [0.4, 0.5) is 5.95 Å². The Balaban J connectivity index is 1.51. The number of hydrogen-bond donors (Lipinski definition) is 3. The summed E-state index contributed by atoms with van der Waals surface area (Å²) in [6.07, 6.45) is 1.57. The Kier molecular flexibility index (Phi) is 5.36. The molecule has 6 rings (SSSR count). The molecule has 0 spiro atoms. The van der Waals surface area contributed by atoms with Crippen molar-refractivity contribution in [3.8, 4) is 17.3 Å². The summed E-state index contributed by atoms with van der Waals surface area (Å²) in [4.78, 5) is 23.1. The number of fused-ring (bicyclic) bond motifs is 3. The number of benzene rings is 1. The lowest BCUT2D eigenvalue weighted by Gasteiger charge is -2.38. The van der Waals surface area contributed by atoms with Crippen LogP contribution in [0.5, 0.6) is 5.75 Å². The van der Waals surface area contributed by atoms with E-state index in [0.29, 0.717) is 39.6 Å². The van der Waals surface area contributed by atoms with Gasteiger partial charge in [0.25, 0.3) is 5.91 Å². The van der Waals surface area contributed by atoms with Gasteiger partial charge >= 0.3 is 0 Å². The van der Waals surface area contributed by atoms with Crippen molar-refractivity contribution in [2.75, 3.05) is 32.6 Å². The maximum atomic E-state index is 13.9. The molecule has 13 nitrogen and oxygen atoms in total. The number of nitrogens with one attached hydrogen (secondary N) is 1. The molecule has 1 unspecified atom stereocenters. The van der Waals surface area contributed by atoms with Crippen molar-refractivity contribution < 1.29 is 23.8 Å². The number of methoxy groups -OCH3 is 1. The van der Waals surface area contributed by atoms with Crippen molar-refractivity contribution in [3.05, 3.63) is 53.9 Å². The van der Waals surface area contributed by atoms with E-state index in [4.69, 9.17) is 19.6 Å². The molecule has 13 heteroatoms. The number of hydrogen-bond acceptors (Lipinski definition) is 10. The highest BCUT2D eigenvalue weighted by atomic mass is 16.5. The second kappa shape index (κ2) is 8.53. The fourth-order valence-electron chi connectivity index (χ4n) is 4.53. The number of furan rings is 1. The standard InChI is InChI=1S/C25H26N8O5/c1-14-7-8-18(38-14)19-29-20-17-10-28-33(21(17)30-23(26)32(20)31-19)24(2,15-5-4-6-16(9-15)36-3)22(34)27-11-25(35)12-37-13-25/h4-10,35H,11-13H2,1-3H3,(H2,26,30)(H,27,34). The molecule has 1 saturated heterocycles. The van der Waals surface area contributed by atoms with Crippen molar-refractivity contribution in [1.29, 1.82) is 0 Å². The molecule has 4 aromatic heterocycles. The van der Waals surface area contributed by atoms with E-state index in [2.05, 4.69) is 25.5 Å². The van der Waals surface area contributed by atoms with E-state index in [1.54, 1.807) is 50.6 Å². The first kappa shape index (κ1) is 23.9. The van der Waals surface area contributed by atoms with Crippen LogP contribution in [0.2, 0.25) is 0 Å². The number of anilines is 1. The molecule has 1 fully saturated rings. The maximum absolute atomic E-state index is 13.9. The van der Waals surface area contributed by atoms with Gasteiger partial charge in [0.2, 0.25) is 11.8 Å². The van der Waals surface area contributed by atoms with Crippen LogP contribution < -0.4 is 15.8 Å². The third-order valence-corrected chi connectivity index (χ3v) is 6.81. The third-order valence-electron chi connectivity index (χ3n) is 6.81. The molecular weight excluding hydrogens is 492 g/mol. The minimum atomic E-state index is -1.41. The number of aliphatic hydroxyl groups is 1. The Morgan fingerprint density at radius 3 is 2.76 bits per heavy atom. The zero-order valence-corrected chi connectivity index (χ0v) is 21.0. The molecule has 4 N–H and O–H groups in total. The van der Waals surface area contributed by atoms with E-state index in [0.717, 1.165) is 5.76 Å². The molecule has 0 aliphatic carbocycles. The topological polar surface area (TPSA) is 168 Å². The molecular formula is C25H26N8O5. The summed E-state index contributed by atoms with van der Waals surface area (Å²) >= 11 is 0. The number of nitrogens with two attached hydrogens (primary N) is 1. The molecule has 196 valence electrons. The van der Waals surface area contributed by atoms with Crippen molar-refractivity contribution in [1.82, 2.24) is 34.7 Å². The average molecular weight is 519 g/mol. The van der Waals surface area contributed by atoms with Crippen LogP contribution in [0.1, 0.15) is 18.2 Å². The summed E-state index contributed by atoms with van der Waals surface area (Å²) in [5.74, 6) is 1.77. The first-order valence-electron chi connectivity index (χ1n) is 11.9. The number of rotatable bonds is 7. The van der Waals surface area contributed by atoms with Gasteiger partial charge in [-0.2, -0.15) is 14.6 Å². The van der Waals surface area contributed by atoms with E-state index in [9.17, 15) is 9.90 Å². The summed E-state index contributed by atoms with van der Waals surface area (Å²) in [6.45, 7) is 3.86. The second-order valence-corrected chi connectivity index (χ2v) is 9.55. The molecule has 1 aromatic carbocycles. The molecule has 1 aliphatic rings. The van der Waals surface area contributed by atoms with Crippen molar-refractivity contribution in [2.24, 2.45) is 0 Å². The molecule has 0 saturated carbocycles. The van der Waals surface area contributed by atoms with Crippen molar-refractivity contribution in [2.45, 2.75) is 25.0 Å². The van der Waals surface area contributed by atoms with E-state index in [1.165, 1.54) is 9.20 Å². The second-order valence-electron chi connectivity index (χ2n) is 9.55. The van der Waals surface area contributed by atoms with Crippen LogP contribution in [-0.2, 0) is 15.1 Å². The monoisotopic (exact) mass is 518 g/mol. The lowest BCUT2D eigenvalue weighted by Crippen LogP contribution is -2.59. The van der Waals surface area contributed by atoms with Crippen LogP contribution in [-0.4, -0.2) is 72.8 Å². The van der Waals surface area contributed by atoms with Gasteiger partial charge in [-0.05, 0) is 43.7 Å². The molecule has 5 aromatic rings. The Morgan fingerprint density at radius 2 is 2.08 bits per heavy atom. The van der Waals surface area contributed by atoms with E-state index in [-0.39, 0.29) is 25.7 Å². The first-order valence-corrected chi connectivity index (χ1v) is 11.9. The highest BCUT2D eigenvalue weighted by molar-refractivity contribution is 5.94. The van der Waals surface area contributed by atoms with E-state index < -0.39 is 17.0 Å². The van der Waals surface area contributed by atoms with Crippen molar-refractivity contribution in [3.63, 3.8) is 0 Å². The number of aromatic nitrogens is 6. The molecule has 0 radical (unpaired) electrons. The fraction of sp³-hybridized carbons (Fsp3) is 0.320. The van der Waals surface area contributed by atoms with Gasteiger partial charge < -0.3 is 30.0 Å². The molecule has 1 aliphatic heterocycles. The quantitative estimate of drug-likeness (QED) is 0.285. The fourth-order valence-corrected chi connectivity index (χ4v) is 4.53. The molecule has 0 bridgehead atoms. The Bertz CT molecular complexity index is 1680. The van der Waals surface area contributed by atoms with E-state index >= 15 is 0 Å². The van der Waals surface area contributed by atoms with Gasteiger partial charge in [-0.25, -0.2) is 9.67 Å². The summed E-state index contributed by atoms with van der Waals surface area (Å²) in [5.41, 5.74) is 5.11. The van der Waals surface area contributed by atoms with Crippen LogP contribution in [0.15, 0.2) is 47.0 Å². The molecule has 5 heterocycles. The number of aryl methyl sites for hydroxylation is 1. The molecule has 38 heavy (non-hydrogen) atoms. The summed E-state index contributed by atoms with van der Waals surface area (Å²) in [6, 6.07) is 10.7. The predicted octanol–water partition coefficient (Wildman–Crippen LogP) is 1.27. The summed E-state index contributed by atoms with van der Waals surface area (Å²) in [5, 5.41) is 22.9. The largest absolute Gasteiger partial charge is 0.497 e. The van der Waals surface area contributed by atoms with Gasteiger partial charge in [-0.15, -0.1) is 5.10 Å².